The van der Waals surface area contributed by atoms with Crippen molar-refractivity contribution >= 4 is 26.9 Å². The van der Waals surface area contributed by atoms with E-state index >= 15 is 8.78 Å². The minimum atomic E-state index is -3.67. The summed E-state index contributed by atoms with van der Waals surface area (Å²) in [7, 11) is -1.98. The lowest BCUT2D eigenvalue weighted by molar-refractivity contribution is -0.224. The van der Waals surface area contributed by atoms with Crippen molar-refractivity contribution in [2.75, 3.05) is 6.61 Å². The molecule has 0 aromatic heterocycles. The third kappa shape index (κ3) is 4.68. The number of rotatable bonds is 9. The van der Waals surface area contributed by atoms with Crippen molar-refractivity contribution in [2.45, 2.75) is 62.7 Å². The van der Waals surface area contributed by atoms with Gasteiger partial charge in [-0.25, -0.2) is 21.8 Å². The maximum Gasteiger partial charge on any atom is 0.285 e. The Morgan fingerprint density at radius 1 is 1.18 bits per heavy atom. The van der Waals surface area contributed by atoms with Crippen LogP contribution in [0.2, 0.25) is 0 Å². The van der Waals surface area contributed by atoms with Gasteiger partial charge in [0.1, 0.15) is 17.2 Å². The molecule has 0 aliphatic carbocycles. The van der Waals surface area contributed by atoms with Crippen molar-refractivity contribution in [1.29, 1.82) is 0 Å². The first-order valence-corrected chi connectivity index (χ1v) is 10.5. The van der Waals surface area contributed by atoms with Crippen LogP contribution in [0.15, 0.2) is 29.3 Å². The van der Waals surface area contributed by atoms with Gasteiger partial charge in [-0.3, -0.25) is 5.14 Å². The van der Waals surface area contributed by atoms with Crippen molar-refractivity contribution in [2.24, 2.45) is 5.14 Å². The highest BCUT2D eigenvalue weighted by Gasteiger charge is 2.63. The molecule has 160 valence electrons. The fourth-order valence-corrected chi connectivity index (χ4v) is 4.04. The summed E-state index contributed by atoms with van der Waals surface area (Å²) in [6.07, 6.45) is 0.870. The normalized spacial score (nSPS) is 16.5. The fraction of sp³-hybridized carbons (Fsp3) is 0.579. The van der Waals surface area contributed by atoms with E-state index in [1.165, 1.54) is 33.8 Å². The topological polar surface area (TPSA) is 52.3 Å². The van der Waals surface area contributed by atoms with Crippen LogP contribution >= 0.6 is 15.9 Å². The Labute approximate surface area is 174 Å². The Morgan fingerprint density at radius 3 is 2.18 bits per heavy atom. The van der Waals surface area contributed by atoms with E-state index in [9.17, 15) is 13.0 Å². The van der Waals surface area contributed by atoms with Gasteiger partial charge in [0.25, 0.3) is 5.92 Å². The van der Waals surface area contributed by atoms with Crippen molar-refractivity contribution in [3.8, 4) is 0 Å². The molecule has 3 nitrogen and oxygen atoms in total. The molecule has 9 heteroatoms. The average molecular weight is 488 g/mol. The summed E-state index contributed by atoms with van der Waals surface area (Å²) in [5.74, 6) is -5.73. The molecule has 1 aromatic carbocycles. The first-order valence-electron chi connectivity index (χ1n) is 8.47. The minimum absolute atomic E-state index is 0.152. The molecule has 1 rings (SSSR count). The lowest BCUT2D eigenvalue weighted by Crippen LogP contribution is -2.60. The lowest BCUT2D eigenvalue weighted by atomic mass is 9.66. The number of nitrogens with two attached hydrogens (primary N) is 1. The molecule has 0 saturated carbocycles. The molecule has 0 aliphatic heterocycles. The standard InChI is InChI=1S/C19H26BrF4NO2S/c1-7-8-27-17(4,5)19(23,24)18(6,11-16(2,3)28(25)26)12-9-13(20)15(22)10-14(12)21/h7,9-10H,1,8,11,25H2,2-6H3/t18-,28?/m1/s1. The smallest absolute Gasteiger partial charge is 0.285 e. The molecule has 0 radical (unpaired) electrons. The zero-order valence-electron chi connectivity index (χ0n) is 16.5. The van der Waals surface area contributed by atoms with Crippen LogP contribution in [0.5, 0.6) is 0 Å². The van der Waals surface area contributed by atoms with Gasteiger partial charge in [-0.2, -0.15) is 0 Å². The summed E-state index contributed by atoms with van der Waals surface area (Å²) >= 11 is 2.92. The van der Waals surface area contributed by atoms with E-state index in [2.05, 4.69) is 22.5 Å². The average Bonchev–Trinajstić information content (AvgIpc) is 2.55. The number of hydrogen-bond donors (Lipinski definition) is 1. The number of halogens is 5. The molecule has 0 spiro atoms. The Hall–Kier alpha value is -0.770. The Bertz CT molecular complexity index is 771. The summed E-state index contributed by atoms with van der Waals surface area (Å²) in [4.78, 5) is 0. The summed E-state index contributed by atoms with van der Waals surface area (Å²) in [6.45, 7) is 9.70. The van der Waals surface area contributed by atoms with Gasteiger partial charge in [0.05, 0.1) is 32.2 Å². The first-order chi connectivity index (χ1) is 12.5. The Balaban J connectivity index is 3.77. The van der Waals surface area contributed by atoms with Crippen molar-refractivity contribution < 1.29 is 26.5 Å². The molecule has 28 heavy (non-hydrogen) atoms. The van der Waals surface area contributed by atoms with Gasteiger partial charge < -0.3 is 4.74 Å². The number of hydrogen-bond acceptors (Lipinski definition) is 2. The van der Waals surface area contributed by atoms with E-state index < -0.39 is 56.3 Å². The first kappa shape index (κ1) is 25.3. The van der Waals surface area contributed by atoms with Crippen molar-refractivity contribution in [1.82, 2.24) is 0 Å². The van der Waals surface area contributed by atoms with Gasteiger partial charge in [0.15, 0.2) is 0 Å². The SMILES string of the molecule is C=CCOC(C)(C)C(F)(F)[C@](C)(CC(C)(C)S(N)=O)c1cc(Br)c(F)cc1F. The van der Waals surface area contributed by atoms with Crippen LogP contribution < -0.4 is 5.14 Å². The zero-order valence-corrected chi connectivity index (χ0v) is 18.9. The van der Waals surface area contributed by atoms with Gasteiger partial charge >= 0.3 is 0 Å². The van der Waals surface area contributed by atoms with Crippen LogP contribution in [0, 0.1) is 11.6 Å². The predicted molar refractivity (Wildman–Crippen MR) is 108 cm³/mol. The van der Waals surface area contributed by atoms with Crippen LogP contribution in [-0.4, -0.2) is 27.1 Å². The van der Waals surface area contributed by atoms with E-state index in [0.29, 0.717) is 6.07 Å². The molecule has 0 saturated heterocycles. The summed E-state index contributed by atoms with van der Waals surface area (Å²) in [5, 5.41) is 5.50. The highest BCUT2D eigenvalue weighted by atomic mass is 79.9. The summed E-state index contributed by atoms with van der Waals surface area (Å²) in [6, 6.07) is 1.52. The monoisotopic (exact) mass is 487 g/mol. The Kier molecular flexibility index (Phi) is 7.70. The third-order valence-electron chi connectivity index (χ3n) is 4.94. The third-order valence-corrected chi connectivity index (χ3v) is 6.78. The fourth-order valence-electron chi connectivity index (χ4n) is 3.27. The van der Waals surface area contributed by atoms with Crippen LogP contribution in [0.3, 0.4) is 0 Å². The number of ether oxygens (including phenoxy) is 1. The van der Waals surface area contributed by atoms with Crippen molar-refractivity contribution in [3.05, 3.63) is 46.5 Å². The Morgan fingerprint density at radius 2 is 1.71 bits per heavy atom. The van der Waals surface area contributed by atoms with E-state index in [4.69, 9.17) is 9.88 Å². The number of alkyl halides is 2. The molecular weight excluding hydrogens is 462 g/mol. The highest BCUT2D eigenvalue weighted by molar-refractivity contribution is 9.10. The molecule has 2 N–H and O–H groups in total. The summed E-state index contributed by atoms with van der Waals surface area (Å²) < 4.78 is 76.0. The predicted octanol–water partition coefficient (Wildman–Crippen LogP) is 5.39. The van der Waals surface area contributed by atoms with Crippen LogP contribution in [0.1, 0.15) is 46.6 Å². The molecule has 0 amide bonds. The molecule has 1 unspecified atom stereocenters. The van der Waals surface area contributed by atoms with Crippen LogP contribution in [-0.2, 0) is 21.1 Å². The lowest BCUT2D eigenvalue weighted by Gasteiger charge is -2.48. The highest BCUT2D eigenvalue weighted by Crippen LogP contribution is 2.53. The largest absolute Gasteiger partial charge is 0.365 e. The minimum Gasteiger partial charge on any atom is -0.365 e. The molecule has 0 bridgehead atoms. The second kappa shape index (κ2) is 8.53. The maximum atomic E-state index is 15.9. The second-order valence-corrected chi connectivity index (χ2v) is 10.6. The molecule has 0 aliphatic rings. The van der Waals surface area contributed by atoms with Crippen LogP contribution in [0.25, 0.3) is 0 Å². The quantitative estimate of drug-likeness (QED) is 0.288. The molecule has 0 fully saturated rings. The van der Waals surface area contributed by atoms with Gasteiger partial charge in [0, 0.05) is 11.6 Å². The molecule has 2 atom stereocenters. The molecule has 1 aromatic rings. The van der Waals surface area contributed by atoms with Crippen LogP contribution in [0.4, 0.5) is 17.6 Å². The van der Waals surface area contributed by atoms with Crippen molar-refractivity contribution in [3.63, 3.8) is 0 Å². The van der Waals surface area contributed by atoms with Gasteiger partial charge in [0.2, 0.25) is 0 Å². The van der Waals surface area contributed by atoms with Gasteiger partial charge in [-0.1, -0.05) is 6.08 Å². The maximum absolute atomic E-state index is 15.9. The van der Waals surface area contributed by atoms with E-state index in [0.717, 1.165) is 13.0 Å². The van der Waals surface area contributed by atoms with E-state index in [-0.39, 0.29) is 11.1 Å². The number of benzene rings is 1. The molecular formula is C19H26BrF4NO2S. The molecule has 0 heterocycles. The van der Waals surface area contributed by atoms with E-state index in [1.807, 2.05) is 0 Å². The van der Waals surface area contributed by atoms with Gasteiger partial charge in [-0.05, 0) is 63.0 Å². The van der Waals surface area contributed by atoms with Gasteiger partial charge in [-0.15, -0.1) is 6.58 Å². The van der Waals surface area contributed by atoms with E-state index in [1.54, 1.807) is 0 Å². The second-order valence-electron chi connectivity index (χ2n) is 8.00. The summed E-state index contributed by atoms with van der Waals surface area (Å²) in [5.41, 5.74) is -4.70. The zero-order chi connectivity index (χ0) is 22.1.